The molecule has 11 heavy (non-hydrogen) atoms. The molecule has 60 valence electrons. The van der Waals surface area contributed by atoms with E-state index in [1.54, 1.807) is 12.4 Å². The molecule has 1 unspecified atom stereocenters. The lowest BCUT2D eigenvalue weighted by molar-refractivity contribution is 0.384. The summed E-state index contributed by atoms with van der Waals surface area (Å²) in [6, 6.07) is 3.85. The summed E-state index contributed by atoms with van der Waals surface area (Å²) < 4.78 is 0. The van der Waals surface area contributed by atoms with Crippen LogP contribution in [0.5, 0.6) is 0 Å². The number of hydrogen-bond acceptors (Lipinski definition) is 2. The van der Waals surface area contributed by atoms with Crippen LogP contribution in [0.1, 0.15) is 11.1 Å². The molecule has 0 aliphatic carbocycles. The van der Waals surface area contributed by atoms with Crippen molar-refractivity contribution in [2.45, 2.75) is 5.50 Å². The molecular formula is C8H11ClN2. The Balaban J connectivity index is 2.77. The van der Waals surface area contributed by atoms with Crippen LogP contribution >= 0.6 is 11.6 Å². The third-order valence-electron chi connectivity index (χ3n) is 1.41. The molecule has 1 aromatic rings. The van der Waals surface area contributed by atoms with E-state index in [1.807, 2.05) is 31.1 Å². The molecule has 0 amide bonds. The molecule has 1 atom stereocenters. The van der Waals surface area contributed by atoms with E-state index in [0.717, 1.165) is 5.56 Å². The standard InChI is InChI=1S/C8H11ClN2/c1-11(2)8(9)7-4-3-5-10-6-7/h3-6,8H,1-2H3. The van der Waals surface area contributed by atoms with Crippen molar-refractivity contribution in [2.75, 3.05) is 14.1 Å². The van der Waals surface area contributed by atoms with Gasteiger partial charge in [-0.1, -0.05) is 6.07 Å². The molecule has 0 spiro atoms. The van der Waals surface area contributed by atoms with E-state index in [1.165, 1.54) is 0 Å². The number of halogens is 1. The zero-order valence-electron chi connectivity index (χ0n) is 6.66. The highest BCUT2D eigenvalue weighted by Crippen LogP contribution is 2.20. The Hall–Kier alpha value is -0.600. The molecule has 1 heterocycles. The second kappa shape index (κ2) is 3.69. The van der Waals surface area contributed by atoms with Crippen molar-refractivity contribution in [1.29, 1.82) is 0 Å². The molecule has 0 bridgehead atoms. The number of alkyl halides is 1. The molecule has 0 fully saturated rings. The van der Waals surface area contributed by atoms with E-state index in [-0.39, 0.29) is 5.50 Å². The minimum atomic E-state index is -0.0799. The Morgan fingerprint density at radius 3 is 2.73 bits per heavy atom. The van der Waals surface area contributed by atoms with Gasteiger partial charge in [0.1, 0.15) is 5.50 Å². The van der Waals surface area contributed by atoms with Gasteiger partial charge in [0.2, 0.25) is 0 Å². The van der Waals surface area contributed by atoms with Gasteiger partial charge in [-0.15, -0.1) is 11.6 Å². The molecule has 1 aromatic heterocycles. The summed E-state index contributed by atoms with van der Waals surface area (Å²) in [5.41, 5.74) is 0.947. The molecule has 0 aliphatic rings. The van der Waals surface area contributed by atoms with Crippen LogP contribution in [0.15, 0.2) is 24.5 Å². The number of pyridine rings is 1. The van der Waals surface area contributed by atoms with E-state index in [2.05, 4.69) is 4.98 Å². The molecule has 0 saturated carbocycles. The summed E-state index contributed by atoms with van der Waals surface area (Å²) in [6.45, 7) is 0. The summed E-state index contributed by atoms with van der Waals surface area (Å²) >= 11 is 6.03. The smallest absolute Gasteiger partial charge is 0.112 e. The maximum Gasteiger partial charge on any atom is 0.112 e. The zero-order chi connectivity index (χ0) is 8.27. The lowest BCUT2D eigenvalue weighted by atomic mass is 10.3. The van der Waals surface area contributed by atoms with E-state index in [0.29, 0.717) is 0 Å². The molecule has 3 heteroatoms. The second-order valence-corrected chi connectivity index (χ2v) is 3.00. The highest BCUT2D eigenvalue weighted by atomic mass is 35.5. The second-order valence-electron chi connectivity index (χ2n) is 2.59. The maximum atomic E-state index is 6.03. The predicted octanol–water partition coefficient (Wildman–Crippen LogP) is 1.88. The Morgan fingerprint density at radius 2 is 2.27 bits per heavy atom. The minimum absolute atomic E-state index is 0.0799. The van der Waals surface area contributed by atoms with Crippen molar-refractivity contribution < 1.29 is 0 Å². The van der Waals surface area contributed by atoms with Crippen molar-refractivity contribution in [3.05, 3.63) is 30.1 Å². The van der Waals surface area contributed by atoms with Crippen LogP contribution in [-0.2, 0) is 0 Å². The third-order valence-corrected chi connectivity index (χ3v) is 2.06. The van der Waals surface area contributed by atoms with Crippen LogP contribution in [-0.4, -0.2) is 24.0 Å². The van der Waals surface area contributed by atoms with Crippen molar-refractivity contribution in [3.8, 4) is 0 Å². The minimum Gasteiger partial charge on any atom is -0.290 e. The molecule has 0 aromatic carbocycles. The van der Waals surface area contributed by atoms with Crippen LogP contribution in [0.4, 0.5) is 0 Å². The summed E-state index contributed by atoms with van der Waals surface area (Å²) in [5, 5.41) is 0. The fourth-order valence-corrected chi connectivity index (χ4v) is 0.944. The molecule has 1 rings (SSSR count). The van der Waals surface area contributed by atoms with Crippen molar-refractivity contribution in [2.24, 2.45) is 0 Å². The van der Waals surface area contributed by atoms with Crippen LogP contribution in [0.25, 0.3) is 0 Å². The molecule has 0 saturated heterocycles. The average Bonchev–Trinajstić information content (AvgIpc) is 2.05. The lowest BCUT2D eigenvalue weighted by Gasteiger charge is -2.16. The zero-order valence-corrected chi connectivity index (χ0v) is 7.42. The van der Waals surface area contributed by atoms with Crippen LogP contribution in [0.2, 0.25) is 0 Å². The summed E-state index contributed by atoms with van der Waals surface area (Å²) in [4.78, 5) is 5.91. The summed E-state index contributed by atoms with van der Waals surface area (Å²) in [6.07, 6.45) is 3.51. The van der Waals surface area contributed by atoms with Gasteiger partial charge in [0, 0.05) is 18.0 Å². The normalized spacial score (nSPS) is 13.5. The van der Waals surface area contributed by atoms with Gasteiger partial charge in [0.05, 0.1) is 0 Å². The SMILES string of the molecule is CN(C)C(Cl)c1cccnc1. The van der Waals surface area contributed by atoms with E-state index >= 15 is 0 Å². The van der Waals surface area contributed by atoms with Crippen LogP contribution < -0.4 is 0 Å². The number of rotatable bonds is 2. The maximum absolute atomic E-state index is 6.03. The molecule has 0 N–H and O–H groups in total. The fraction of sp³-hybridized carbons (Fsp3) is 0.375. The first-order valence-corrected chi connectivity index (χ1v) is 3.86. The molecular weight excluding hydrogens is 160 g/mol. The van der Waals surface area contributed by atoms with Gasteiger partial charge in [-0.2, -0.15) is 0 Å². The quantitative estimate of drug-likeness (QED) is 0.498. The summed E-state index contributed by atoms with van der Waals surface area (Å²) in [7, 11) is 3.87. The monoisotopic (exact) mass is 170 g/mol. The summed E-state index contributed by atoms with van der Waals surface area (Å²) in [5.74, 6) is 0. The fourth-order valence-electron chi connectivity index (χ4n) is 0.815. The first-order valence-electron chi connectivity index (χ1n) is 3.42. The van der Waals surface area contributed by atoms with Gasteiger partial charge in [-0.05, 0) is 20.2 Å². The molecule has 0 aliphatic heterocycles. The van der Waals surface area contributed by atoms with Gasteiger partial charge in [-0.25, -0.2) is 0 Å². The van der Waals surface area contributed by atoms with Crippen LogP contribution in [0.3, 0.4) is 0 Å². The van der Waals surface area contributed by atoms with Crippen LogP contribution in [0, 0.1) is 0 Å². The highest BCUT2D eigenvalue weighted by molar-refractivity contribution is 6.20. The molecule has 0 radical (unpaired) electrons. The Labute approximate surface area is 71.8 Å². The third kappa shape index (κ3) is 2.17. The van der Waals surface area contributed by atoms with Crippen molar-refractivity contribution >= 4 is 11.6 Å². The van der Waals surface area contributed by atoms with E-state index < -0.39 is 0 Å². The molecule has 2 nitrogen and oxygen atoms in total. The number of aromatic nitrogens is 1. The first kappa shape index (κ1) is 8.50. The Bertz CT molecular complexity index is 211. The highest BCUT2D eigenvalue weighted by Gasteiger charge is 2.08. The largest absolute Gasteiger partial charge is 0.290 e. The van der Waals surface area contributed by atoms with E-state index in [4.69, 9.17) is 11.6 Å². The topological polar surface area (TPSA) is 16.1 Å². The van der Waals surface area contributed by atoms with Crippen molar-refractivity contribution in [3.63, 3.8) is 0 Å². The van der Waals surface area contributed by atoms with Gasteiger partial charge < -0.3 is 0 Å². The van der Waals surface area contributed by atoms with E-state index in [9.17, 15) is 0 Å². The first-order chi connectivity index (χ1) is 5.22. The van der Waals surface area contributed by atoms with Gasteiger partial charge in [0.15, 0.2) is 0 Å². The number of hydrogen-bond donors (Lipinski definition) is 0. The average molecular weight is 171 g/mol. The van der Waals surface area contributed by atoms with Gasteiger partial charge >= 0.3 is 0 Å². The van der Waals surface area contributed by atoms with Crippen molar-refractivity contribution in [1.82, 2.24) is 9.88 Å². The Kier molecular flexibility index (Phi) is 2.85. The Morgan fingerprint density at radius 1 is 1.55 bits per heavy atom. The predicted molar refractivity (Wildman–Crippen MR) is 46.5 cm³/mol. The van der Waals surface area contributed by atoms with Gasteiger partial charge in [0.25, 0.3) is 0 Å². The lowest BCUT2D eigenvalue weighted by Crippen LogP contribution is -2.14. The van der Waals surface area contributed by atoms with Gasteiger partial charge in [-0.3, -0.25) is 9.88 Å². The number of nitrogens with zero attached hydrogens (tertiary/aromatic N) is 2.